The van der Waals surface area contributed by atoms with Gasteiger partial charge < -0.3 is 9.84 Å². The molecule has 0 aromatic heterocycles. The van der Waals surface area contributed by atoms with Crippen molar-refractivity contribution in [3.05, 3.63) is 48.0 Å². The molecule has 2 nitrogen and oxygen atoms in total. The minimum absolute atomic E-state index is 0.0114. The molecule has 0 spiro atoms. The first kappa shape index (κ1) is 15.2. The molecule has 0 bridgehead atoms. The van der Waals surface area contributed by atoms with E-state index >= 15 is 0 Å². The molecule has 2 fully saturated rings. The van der Waals surface area contributed by atoms with Crippen LogP contribution in [-0.2, 0) is 4.74 Å². The number of aliphatic hydroxyl groups is 1. The normalized spacial score (nSPS) is 37.5. The summed E-state index contributed by atoms with van der Waals surface area (Å²) in [5, 5.41) is 13.6. The van der Waals surface area contributed by atoms with Crippen LogP contribution < -0.4 is 0 Å². The second-order valence-electron chi connectivity index (χ2n) is 7.82. The molecule has 0 amide bonds. The number of rotatable bonds is 1. The number of hydrogen-bond donors (Lipinski definition) is 1. The highest BCUT2D eigenvalue weighted by Crippen LogP contribution is 2.48. The standard InChI is InChI=1S/C21H26O2/c1-14-10-11-18-19(12-14)23-20(13-21(18,2)22)17-9-5-7-15-6-3-4-8-16(15)17/h3-9,14,18-20,22H,10-13H2,1-2H3/t14-,18-,19-,20-,21-/m1/s1. The highest BCUT2D eigenvalue weighted by Gasteiger charge is 2.47. The molecule has 23 heavy (non-hydrogen) atoms. The maximum absolute atomic E-state index is 11.1. The third kappa shape index (κ3) is 2.68. The highest BCUT2D eigenvalue weighted by atomic mass is 16.5. The van der Waals surface area contributed by atoms with E-state index in [0.717, 1.165) is 12.8 Å². The molecular weight excluding hydrogens is 284 g/mol. The van der Waals surface area contributed by atoms with Gasteiger partial charge >= 0.3 is 0 Å². The zero-order chi connectivity index (χ0) is 16.0. The maximum Gasteiger partial charge on any atom is 0.0862 e. The smallest absolute Gasteiger partial charge is 0.0862 e. The van der Waals surface area contributed by atoms with E-state index in [1.54, 1.807) is 0 Å². The van der Waals surface area contributed by atoms with Crippen molar-refractivity contribution >= 4 is 10.8 Å². The summed E-state index contributed by atoms with van der Waals surface area (Å²) in [4.78, 5) is 0. The Morgan fingerprint density at radius 2 is 1.87 bits per heavy atom. The second kappa shape index (κ2) is 5.61. The van der Waals surface area contributed by atoms with Crippen LogP contribution in [0.1, 0.15) is 51.2 Å². The lowest BCUT2D eigenvalue weighted by atomic mass is 9.68. The van der Waals surface area contributed by atoms with Gasteiger partial charge in [0.2, 0.25) is 0 Å². The molecule has 2 aliphatic rings. The molecule has 1 N–H and O–H groups in total. The molecule has 1 aliphatic heterocycles. The van der Waals surface area contributed by atoms with Gasteiger partial charge in [-0.1, -0.05) is 55.8 Å². The minimum atomic E-state index is -0.634. The van der Waals surface area contributed by atoms with Crippen molar-refractivity contribution in [2.75, 3.05) is 0 Å². The van der Waals surface area contributed by atoms with Gasteiger partial charge in [0, 0.05) is 12.3 Å². The van der Waals surface area contributed by atoms with Crippen molar-refractivity contribution in [3.63, 3.8) is 0 Å². The molecule has 0 radical (unpaired) electrons. The van der Waals surface area contributed by atoms with Crippen molar-refractivity contribution in [2.24, 2.45) is 11.8 Å². The van der Waals surface area contributed by atoms with Gasteiger partial charge in [-0.3, -0.25) is 0 Å². The van der Waals surface area contributed by atoms with Crippen molar-refractivity contribution < 1.29 is 9.84 Å². The molecule has 1 saturated heterocycles. The van der Waals surface area contributed by atoms with E-state index in [4.69, 9.17) is 4.74 Å². The van der Waals surface area contributed by atoms with E-state index in [2.05, 4.69) is 49.4 Å². The molecule has 0 unspecified atom stereocenters. The molecule has 1 aliphatic carbocycles. The molecule has 2 heteroatoms. The first-order valence-electron chi connectivity index (χ1n) is 8.90. The van der Waals surface area contributed by atoms with Crippen LogP contribution in [0.2, 0.25) is 0 Å². The molecular formula is C21H26O2. The van der Waals surface area contributed by atoms with Gasteiger partial charge in [0.15, 0.2) is 0 Å². The Balaban J connectivity index is 1.71. The summed E-state index contributed by atoms with van der Waals surface area (Å²) >= 11 is 0. The lowest BCUT2D eigenvalue weighted by molar-refractivity contribution is -0.197. The maximum atomic E-state index is 11.1. The van der Waals surface area contributed by atoms with Crippen LogP contribution in [0, 0.1) is 11.8 Å². The van der Waals surface area contributed by atoms with Crippen LogP contribution in [0.5, 0.6) is 0 Å². The molecule has 1 heterocycles. The Bertz CT molecular complexity index is 701. The van der Waals surface area contributed by atoms with Crippen LogP contribution in [0.4, 0.5) is 0 Å². The molecule has 1 saturated carbocycles. The van der Waals surface area contributed by atoms with Crippen molar-refractivity contribution in [1.82, 2.24) is 0 Å². The van der Waals surface area contributed by atoms with E-state index in [1.165, 1.54) is 22.8 Å². The Morgan fingerprint density at radius 1 is 1.09 bits per heavy atom. The molecule has 4 rings (SSSR count). The minimum Gasteiger partial charge on any atom is -0.390 e. The average molecular weight is 310 g/mol. The molecule has 122 valence electrons. The lowest BCUT2D eigenvalue weighted by Crippen LogP contribution is -2.51. The summed E-state index contributed by atoms with van der Waals surface area (Å²) in [6.45, 7) is 4.32. The Labute approximate surface area is 138 Å². The second-order valence-corrected chi connectivity index (χ2v) is 7.82. The van der Waals surface area contributed by atoms with Crippen LogP contribution in [0.3, 0.4) is 0 Å². The zero-order valence-corrected chi connectivity index (χ0v) is 14.0. The summed E-state index contributed by atoms with van der Waals surface area (Å²) in [5.74, 6) is 0.975. The van der Waals surface area contributed by atoms with E-state index in [0.29, 0.717) is 12.3 Å². The van der Waals surface area contributed by atoms with Crippen LogP contribution >= 0.6 is 0 Å². The van der Waals surface area contributed by atoms with Crippen LogP contribution in [-0.4, -0.2) is 16.8 Å². The van der Waals surface area contributed by atoms with Crippen molar-refractivity contribution in [3.8, 4) is 0 Å². The monoisotopic (exact) mass is 310 g/mol. The van der Waals surface area contributed by atoms with Crippen molar-refractivity contribution in [2.45, 2.75) is 57.3 Å². The van der Waals surface area contributed by atoms with Gasteiger partial charge in [0.1, 0.15) is 0 Å². The quantitative estimate of drug-likeness (QED) is 0.815. The summed E-state index contributed by atoms with van der Waals surface area (Å²) in [5.41, 5.74) is 0.588. The number of fused-ring (bicyclic) bond motifs is 2. The largest absolute Gasteiger partial charge is 0.390 e. The molecule has 5 atom stereocenters. The van der Waals surface area contributed by atoms with Gasteiger partial charge in [-0.2, -0.15) is 0 Å². The fourth-order valence-corrected chi connectivity index (χ4v) is 4.69. The third-order valence-corrected chi connectivity index (χ3v) is 5.96. The number of ether oxygens (including phenoxy) is 1. The highest BCUT2D eigenvalue weighted by molar-refractivity contribution is 5.86. The lowest BCUT2D eigenvalue weighted by Gasteiger charge is -2.49. The number of hydrogen-bond acceptors (Lipinski definition) is 2. The first-order valence-corrected chi connectivity index (χ1v) is 8.90. The van der Waals surface area contributed by atoms with Gasteiger partial charge in [-0.25, -0.2) is 0 Å². The molecule has 2 aromatic carbocycles. The summed E-state index contributed by atoms with van der Waals surface area (Å²) in [6.07, 6.45) is 4.23. The van der Waals surface area contributed by atoms with E-state index in [1.807, 2.05) is 6.92 Å². The van der Waals surface area contributed by atoms with E-state index in [9.17, 15) is 5.11 Å². The number of benzene rings is 2. The predicted molar refractivity (Wildman–Crippen MR) is 93.3 cm³/mol. The predicted octanol–water partition coefficient (Wildman–Crippen LogP) is 4.86. The molecule has 2 aromatic rings. The third-order valence-electron chi connectivity index (χ3n) is 5.96. The van der Waals surface area contributed by atoms with Gasteiger partial charge in [0.25, 0.3) is 0 Å². The van der Waals surface area contributed by atoms with Crippen LogP contribution in [0.25, 0.3) is 10.8 Å². The van der Waals surface area contributed by atoms with Gasteiger partial charge in [0.05, 0.1) is 17.8 Å². The summed E-state index contributed by atoms with van der Waals surface area (Å²) in [6, 6.07) is 14.9. The van der Waals surface area contributed by atoms with Gasteiger partial charge in [-0.15, -0.1) is 0 Å². The SMILES string of the molecule is C[C@@H]1CC[C@@H]2[C@@H](C1)O[C@@H](c1cccc3ccccc13)C[C@@]2(C)O. The topological polar surface area (TPSA) is 29.5 Å². The Morgan fingerprint density at radius 3 is 2.74 bits per heavy atom. The first-order chi connectivity index (χ1) is 11.0. The van der Waals surface area contributed by atoms with E-state index < -0.39 is 5.60 Å². The fourth-order valence-electron chi connectivity index (χ4n) is 4.69. The summed E-state index contributed by atoms with van der Waals surface area (Å²) < 4.78 is 6.53. The average Bonchev–Trinajstić information content (AvgIpc) is 2.53. The van der Waals surface area contributed by atoms with Crippen molar-refractivity contribution in [1.29, 1.82) is 0 Å². The van der Waals surface area contributed by atoms with Crippen LogP contribution in [0.15, 0.2) is 42.5 Å². The fraction of sp³-hybridized carbons (Fsp3) is 0.524. The zero-order valence-electron chi connectivity index (χ0n) is 14.0. The van der Waals surface area contributed by atoms with E-state index in [-0.39, 0.29) is 18.1 Å². The summed E-state index contributed by atoms with van der Waals surface area (Å²) in [7, 11) is 0. The Kier molecular flexibility index (Phi) is 3.70. The Hall–Kier alpha value is -1.38. The van der Waals surface area contributed by atoms with Gasteiger partial charge in [-0.05, 0) is 42.0 Å².